The summed E-state index contributed by atoms with van der Waals surface area (Å²) in [5.74, 6) is 0.577. The Balaban J connectivity index is 1.49. The Bertz CT molecular complexity index is 1530. The highest BCUT2D eigenvalue weighted by Gasteiger charge is 2.23. The molecule has 0 unspecified atom stereocenters. The third-order valence-electron chi connectivity index (χ3n) is 6.11. The average Bonchev–Trinajstić information content (AvgIpc) is 3.13. The van der Waals surface area contributed by atoms with Gasteiger partial charge in [-0.05, 0) is 54.1 Å². The summed E-state index contributed by atoms with van der Waals surface area (Å²) in [5.41, 5.74) is 3.00. The molecule has 0 bridgehead atoms. The number of ether oxygens (including phenoxy) is 2. The van der Waals surface area contributed by atoms with Crippen molar-refractivity contribution in [3.63, 3.8) is 0 Å². The number of aromatic nitrogens is 1. The van der Waals surface area contributed by atoms with E-state index in [1.54, 1.807) is 10.6 Å². The van der Waals surface area contributed by atoms with Crippen LogP contribution in [0.4, 0.5) is 9.18 Å². The van der Waals surface area contributed by atoms with E-state index in [2.05, 4.69) is 0 Å². The van der Waals surface area contributed by atoms with E-state index < -0.39 is 12.0 Å². The van der Waals surface area contributed by atoms with Crippen molar-refractivity contribution in [3.05, 3.63) is 96.3 Å². The number of nitrogens with zero attached hydrogens (tertiary/aromatic N) is 1. The quantitative estimate of drug-likeness (QED) is 0.199. The molecule has 0 atom stereocenters. The molecule has 1 N–H and O–H groups in total. The van der Waals surface area contributed by atoms with Gasteiger partial charge in [0.2, 0.25) is 5.88 Å². The lowest BCUT2D eigenvalue weighted by Crippen LogP contribution is -2.11. The van der Waals surface area contributed by atoms with Gasteiger partial charge >= 0.3 is 6.16 Å². The van der Waals surface area contributed by atoms with Crippen LogP contribution in [-0.4, -0.2) is 22.4 Å². The van der Waals surface area contributed by atoms with E-state index >= 15 is 0 Å². The van der Waals surface area contributed by atoms with Gasteiger partial charge in [-0.25, -0.2) is 9.18 Å². The fourth-order valence-corrected chi connectivity index (χ4v) is 4.55. The minimum absolute atomic E-state index is 0.178. The largest absolute Gasteiger partial charge is 0.512 e. The Labute approximate surface area is 202 Å². The summed E-state index contributed by atoms with van der Waals surface area (Å²) in [6.07, 6.45) is -0.829. The Morgan fingerprint density at radius 1 is 0.943 bits per heavy atom. The van der Waals surface area contributed by atoms with E-state index in [9.17, 15) is 14.3 Å². The molecule has 0 aliphatic heterocycles. The molecule has 0 fully saturated rings. The summed E-state index contributed by atoms with van der Waals surface area (Å²) in [7, 11) is 0. The molecule has 1 aromatic heterocycles. The van der Waals surface area contributed by atoms with Crippen molar-refractivity contribution < 1.29 is 23.8 Å². The van der Waals surface area contributed by atoms with Crippen molar-refractivity contribution >= 4 is 27.8 Å². The SMILES string of the molecule is Cc1ccccc1-c1c(OC(=O)O)n(CCCOc2cccc3ccccc23)c2ccc(F)cc12. The van der Waals surface area contributed by atoms with Gasteiger partial charge in [0.25, 0.3) is 0 Å². The fraction of sp³-hybridized carbons (Fsp3) is 0.138. The number of carbonyl (C=O) groups is 1. The monoisotopic (exact) mass is 469 g/mol. The van der Waals surface area contributed by atoms with Gasteiger partial charge in [-0.1, -0.05) is 60.7 Å². The van der Waals surface area contributed by atoms with Crippen molar-refractivity contribution in [2.45, 2.75) is 19.9 Å². The molecule has 0 aliphatic rings. The Kier molecular flexibility index (Phi) is 6.10. The molecule has 0 aliphatic carbocycles. The van der Waals surface area contributed by atoms with Gasteiger partial charge < -0.3 is 19.1 Å². The zero-order valence-electron chi connectivity index (χ0n) is 19.2. The first-order valence-electron chi connectivity index (χ1n) is 11.4. The van der Waals surface area contributed by atoms with Gasteiger partial charge in [-0.15, -0.1) is 0 Å². The molecular formula is C29H24FNO4. The van der Waals surface area contributed by atoms with Crippen LogP contribution in [0.3, 0.4) is 0 Å². The number of benzene rings is 4. The Hall–Kier alpha value is -4.32. The van der Waals surface area contributed by atoms with Crippen molar-refractivity contribution in [1.82, 2.24) is 4.57 Å². The zero-order chi connectivity index (χ0) is 24.4. The molecule has 1 heterocycles. The van der Waals surface area contributed by atoms with Gasteiger partial charge in [-0.2, -0.15) is 0 Å². The maximum Gasteiger partial charge on any atom is 0.512 e. The molecular weight excluding hydrogens is 445 g/mol. The Morgan fingerprint density at radius 2 is 1.71 bits per heavy atom. The molecule has 0 amide bonds. The van der Waals surface area contributed by atoms with Gasteiger partial charge in [0, 0.05) is 17.3 Å². The summed E-state index contributed by atoms with van der Waals surface area (Å²) in [6, 6.07) is 26.0. The number of hydrogen-bond acceptors (Lipinski definition) is 3. The lowest BCUT2D eigenvalue weighted by Gasteiger charge is -2.13. The molecule has 5 nitrogen and oxygen atoms in total. The van der Waals surface area contributed by atoms with E-state index in [1.165, 1.54) is 12.1 Å². The highest BCUT2D eigenvalue weighted by molar-refractivity contribution is 6.01. The predicted molar refractivity (Wildman–Crippen MR) is 135 cm³/mol. The molecule has 5 aromatic rings. The number of halogens is 1. The summed E-state index contributed by atoms with van der Waals surface area (Å²) in [4.78, 5) is 11.6. The molecule has 35 heavy (non-hydrogen) atoms. The lowest BCUT2D eigenvalue weighted by atomic mass is 9.99. The van der Waals surface area contributed by atoms with Crippen LogP contribution in [0.1, 0.15) is 12.0 Å². The molecule has 0 saturated heterocycles. The van der Waals surface area contributed by atoms with Crippen LogP contribution >= 0.6 is 0 Å². The second kappa shape index (κ2) is 9.50. The number of hydrogen-bond donors (Lipinski definition) is 1. The lowest BCUT2D eigenvalue weighted by molar-refractivity contribution is 0.141. The normalized spacial score (nSPS) is 11.1. The topological polar surface area (TPSA) is 60.7 Å². The van der Waals surface area contributed by atoms with Crippen LogP contribution in [0.2, 0.25) is 0 Å². The third kappa shape index (κ3) is 4.43. The summed E-state index contributed by atoms with van der Waals surface area (Å²) < 4.78 is 27.4. The molecule has 4 aromatic carbocycles. The molecule has 0 saturated carbocycles. The minimum Gasteiger partial charge on any atom is -0.493 e. The summed E-state index contributed by atoms with van der Waals surface area (Å²) >= 11 is 0. The fourth-order valence-electron chi connectivity index (χ4n) is 4.55. The van der Waals surface area contributed by atoms with Gasteiger partial charge in [0.15, 0.2) is 0 Å². The Morgan fingerprint density at radius 3 is 2.54 bits per heavy atom. The predicted octanol–water partition coefficient (Wildman–Crippen LogP) is 7.43. The molecule has 5 rings (SSSR count). The van der Waals surface area contributed by atoms with E-state index in [0.29, 0.717) is 36.0 Å². The van der Waals surface area contributed by atoms with Gasteiger partial charge in [0.1, 0.15) is 11.6 Å². The van der Waals surface area contributed by atoms with Crippen molar-refractivity contribution in [2.24, 2.45) is 0 Å². The van der Waals surface area contributed by atoms with Crippen molar-refractivity contribution in [2.75, 3.05) is 6.61 Å². The van der Waals surface area contributed by atoms with Crippen LogP contribution in [-0.2, 0) is 6.54 Å². The van der Waals surface area contributed by atoms with E-state index in [4.69, 9.17) is 9.47 Å². The summed E-state index contributed by atoms with van der Waals surface area (Å²) in [6.45, 7) is 2.78. The first-order chi connectivity index (χ1) is 17.0. The van der Waals surface area contributed by atoms with Crippen LogP contribution in [0.15, 0.2) is 84.9 Å². The van der Waals surface area contributed by atoms with E-state index in [0.717, 1.165) is 27.6 Å². The highest BCUT2D eigenvalue weighted by Crippen LogP contribution is 2.42. The molecule has 0 radical (unpaired) electrons. The van der Waals surface area contributed by atoms with Gasteiger partial charge in [-0.3, -0.25) is 0 Å². The van der Waals surface area contributed by atoms with Crippen LogP contribution in [0.5, 0.6) is 11.6 Å². The number of rotatable bonds is 7. The standard InChI is InChI=1S/C29H24FNO4/c1-19-8-2-4-11-22(19)27-24-18-21(30)14-15-25(24)31(28(27)35-29(32)33)16-7-17-34-26-13-6-10-20-9-3-5-12-23(20)26/h2-6,8-15,18H,7,16-17H2,1H3,(H,32,33). The first-order valence-corrected chi connectivity index (χ1v) is 11.4. The van der Waals surface area contributed by atoms with Crippen LogP contribution < -0.4 is 9.47 Å². The van der Waals surface area contributed by atoms with E-state index in [1.807, 2.05) is 73.7 Å². The van der Waals surface area contributed by atoms with Crippen molar-refractivity contribution in [1.29, 1.82) is 0 Å². The second-order valence-corrected chi connectivity index (χ2v) is 8.36. The van der Waals surface area contributed by atoms with Crippen LogP contribution in [0.25, 0.3) is 32.8 Å². The van der Waals surface area contributed by atoms with E-state index in [-0.39, 0.29) is 5.88 Å². The average molecular weight is 470 g/mol. The summed E-state index contributed by atoms with van der Waals surface area (Å²) in [5, 5.41) is 12.2. The number of aryl methyl sites for hydroxylation is 2. The zero-order valence-corrected chi connectivity index (χ0v) is 19.2. The maximum absolute atomic E-state index is 14.3. The minimum atomic E-state index is -1.42. The number of fused-ring (bicyclic) bond motifs is 2. The molecule has 176 valence electrons. The molecule has 0 spiro atoms. The third-order valence-corrected chi connectivity index (χ3v) is 6.11. The van der Waals surface area contributed by atoms with Crippen molar-refractivity contribution in [3.8, 4) is 22.8 Å². The maximum atomic E-state index is 14.3. The molecule has 6 heteroatoms. The highest BCUT2D eigenvalue weighted by atomic mass is 19.1. The van der Waals surface area contributed by atoms with Gasteiger partial charge in [0.05, 0.1) is 17.7 Å². The first kappa shape index (κ1) is 22.5. The van der Waals surface area contributed by atoms with Crippen LogP contribution in [0, 0.1) is 12.7 Å². The number of carboxylic acid groups (broad SMARTS) is 1. The second-order valence-electron chi connectivity index (χ2n) is 8.36. The smallest absolute Gasteiger partial charge is 0.493 e.